The van der Waals surface area contributed by atoms with Gasteiger partial charge in [-0.2, -0.15) is 0 Å². The van der Waals surface area contributed by atoms with Gasteiger partial charge >= 0.3 is 0 Å². The standard InChI is InChI=1S/C35H39BrNO3P/c1-34(2,3)27-19-28(35(4,5)6)21-30(20-27)37-33(38)31-22-29(36)17-18-32(31)40-41(39,23-25-13-9-7-10-14-25)24-26-15-11-8-12-16-26/h7-22H,23-24H2,1-6H3,(H,37,38). The first kappa shape index (κ1) is 30.8. The molecule has 0 unspecified atom stereocenters. The van der Waals surface area contributed by atoms with Crippen molar-refractivity contribution in [1.82, 2.24) is 0 Å². The Morgan fingerprint density at radius 2 is 1.22 bits per heavy atom. The van der Waals surface area contributed by atoms with Gasteiger partial charge in [-0.05, 0) is 63.4 Å². The van der Waals surface area contributed by atoms with Gasteiger partial charge in [0.05, 0.1) is 17.9 Å². The molecule has 0 radical (unpaired) electrons. The van der Waals surface area contributed by atoms with Gasteiger partial charge in [0.25, 0.3) is 13.3 Å². The molecule has 0 fully saturated rings. The SMILES string of the molecule is CC(C)(C)c1cc(NC(=O)c2cc(Br)ccc2OP(=O)(Cc2ccccc2)Cc2ccccc2)cc(C(C)(C)C)c1. The first-order valence-electron chi connectivity index (χ1n) is 13.8. The van der Waals surface area contributed by atoms with Gasteiger partial charge in [-0.1, -0.05) is 124 Å². The van der Waals surface area contributed by atoms with Crippen LogP contribution in [0.25, 0.3) is 0 Å². The molecule has 0 aromatic heterocycles. The third kappa shape index (κ3) is 8.44. The molecule has 0 aliphatic heterocycles. The van der Waals surface area contributed by atoms with Crippen LogP contribution < -0.4 is 9.84 Å². The van der Waals surface area contributed by atoms with Gasteiger partial charge in [0.1, 0.15) is 5.75 Å². The molecule has 4 aromatic carbocycles. The molecule has 1 N–H and O–H groups in total. The molecule has 0 saturated carbocycles. The van der Waals surface area contributed by atoms with E-state index in [9.17, 15) is 9.36 Å². The summed E-state index contributed by atoms with van der Waals surface area (Å²) < 4.78 is 21.6. The monoisotopic (exact) mass is 631 g/mol. The van der Waals surface area contributed by atoms with Crippen LogP contribution in [0.2, 0.25) is 0 Å². The Morgan fingerprint density at radius 1 is 0.732 bits per heavy atom. The van der Waals surface area contributed by atoms with E-state index >= 15 is 0 Å². The lowest BCUT2D eigenvalue weighted by atomic mass is 9.80. The molecule has 214 valence electrons. The van der Waals surface area contributed by atoms with Crippen LogP contribution in [0.1, 0.15) is 74.2 Å². The molecule has 6 heteroatoms. The average Bonchev–Trinajstić information content (AvgIpc) is 2.89. The maximum absolute atomic E-state index is 14.5. The summed E-state index contributed by atoms with van der Waals surface area (Å²) in [6, 6.07) is 30.9. The first-order chi connectivity index (χ1) is 19.2. The molecule has 4 nitrogen and oxygen atoms in total. The summed E-state index contributed by atoms with van der Waals surface area (Å²) in [6.07, 6.45) is 0.505. The van der Waals surface area contributed by atoms with Gasteiger partial charge in [0.15, 0.2) is 0 Å². The van der Waals surface area contributed by atoms with Crippen LogP contribution in [0.3, 0.4) is 0 Å². The lowest BCUT2D eigenvalue weighted by Gasteiger charge is -2.26. The lowest BCUT2D eigenvalue weighted by Crippen LogP contribution is -2.19. The van der Waals surface area contributed by atoms with Crippen molar-refractivity contribution in [3.05, 3.63) is 129 Å². The molecule has 0 saturated heterocycles. The molecule has 0 spiro atoms. The van der Waals surface area contributed by atoms with Crippen LogP contribution in [0, 0.1) is 0 Å². The van der Waals surface area contributed by atoms with E-state index in [1.807, 2.05) is 72.8 Å². The van der Waals surface area contributed by atoms with E-state index < -0.39 is 7.37 Å². The van der Waals surface area contributed by atoms with Crippen molar-refractivity contribution in [1.29, 1.82) is 0 Å². The van der Waals surface area contributed by atoms with Gasteiger partial charge < -0.3 is 9.84 Å². The van der Waals surface area contributed by atoms with E-state index in [1.165, 1.54) is 0 Å². The minimum atomic E-state index is -3.30. The zero-order chi connectivity index (χ0) is 29.8. The smallest absolute Gasteiger partial charge is 0.259 e. The van der Waals surface area contributed by atoms with Crippen LogP contribution >= 0.6 is 23.3 Å². The molecule has 41 heavy (non-hydrogen) atoms. The largest absolute Gasteiger partial charge is 0.441 e. The maximum Gasteiger partial charge on any atom is 0.259 e. The molecule has 0 atom stereocenters. The van der Waals surface area contributed by atoms with Crippen molar-refractivity contribution in [3.63, 3.8) is 0 Å². The van der Waals surface area contributed by atoms with Crippen molar-refractivity contribution < 1.29 is 13.9 Å². The predicted molar refractivity (Wildman–Crippen MR) is 174 cm³/mol. The lowest BCUT2D eigenvalue weighted by molar-refractivity contribution is 0.102. The molecule has 0 aliphatic rings. The van der Waals surface area contributed by atoms with Gasteiger partial charge in [0, 0.05) is 10.2 Å². The fourth-order valence-corrected chi connectivity index (χ4v) is 7.20. The number of anilines is 1. The van der Waals surface area contributed by atoms with E-state index in [0.717, 1.165) is 32.4 Å². The number of carbonyl (C=O) groups is 1. The fraction of sp³-hybridized carbons (Fsp3) is 0.286. The van der Waals surface area contributed by atoms with Gasteiger partial charge in [-0.15, -0.1) is 0 Å². The maximum atomic E-state index is 14.5. The number of hydrogen-bond acceptors (Lipinski definition) is 3. The third-order valence-corrected chi connectivity index (χ3v) is 9.62. The molecule has 1 amide bonds. The van der Waals surface area contributed by atoms with Crippen molar-refractivity contribution in [2.45, 2.75) is 64.7 Å². The highest BCUT2D eigenvalue weighted by Gasteiger charge is 2.29. The second-order valence-corrected chi connectivity index (χ2v) is 15.9. The van der Waals surface area contributed by atoms with E-state index in [4.69, 9.17) is 4.52 Å². The second kappa shape index (κ2) is 12.4. The Morgan fingerprint density at radius 3 is 1.68 bits per heavy atom. The highest BCUT2D eigenvalue weighted by Crippen LogP contribution is 2.54. The molecule has 4 rings (SSSR count). The number of benzene rings is 4. The summed E-state index contributed by atoms with van der Waals surface area (Å²) in [5, 5.41) is 3.11. The zero-order valence-corrected chi connectivity index (χ0v) is 27.2. The molecular formula is C35H39BrNO3P. The average molecular weight is 633 g/mol. The second-order valence-electron chi connectivity index (χ2n) is 12.6. The van der Waals surface area contributed by atoms with Gasteiger partial charge in [-0.3, -0.25) is 9.36 Å². The first-order valence-corrected chi connectivity index (χ1v) is 16.6. The highest BCUT2D eigenvalue weighted by atomic mass is 79.9. The minimum absolute atomic E-state index is 0.0910. The Hall–Kier alpha value is -3.14. The minimum Gasteiger partial charge on any atom is -0.441 e. The van der Waals surface area contributed by atoms with Crippen LogP contribution in [-0.4, -0.2) is 5.91 Å². The third-order valence-electron chi connectivity index (χ3n) is 6.91. The van der Waals surface area contributed by atoms with Crippen molar-refractivity contribution >= 4 is 34.9 Å². The number of rotatable bonds is 8. The highest BCUT2D eigenvalue weighted by molar-refractivity contribution is 9.10. The number of amides is 1. The number of nitrogens with one attached hydrogen (secondary N) is 1. The summed E-state index contributed by atoms with van der Waals surface area (Å²) in [5.41, 5.74) is 4.97. The van der Waals surface area contributed by atoms with E-state index in [2.05, 4.69) is 68.9 Å². The predicted octanol–water partition coefficient (Wildman–Crippen LogP) is 10.4. The topological polar surface area (TPSA) is 55.4 Å². The molecule has 0 heterocycles. The fourth-order valence-electron chi connectivity index (χ4n) is 4.55. The summed E-state index contributed by atoms with van der Waals surface area (Å²) in [5.74, 6) is -0.0258. The summed E-state index contributed by atoms with van der Waals surface area (Å²) >= 11 is 3.51. The van der Waals surface area contributed by atoms with Crippen LogP contribution in [0.4, 0.5) is 5.69 Å². The van der Waals surface area contributed by atoms with Crippen molar-refractivity contribution in [3.8, 4) is 5.75 Å². The Balaban J connectivity index is 1.70. The van der Waals surface area contributed by atoms with E-state index in [0.29, 0.717) is 11.3 Å². The summed E-state index contributed by atoms with van der Waals surface area (Å²) in [4.78, 5) is 13.8. The van der Waals surface area contributed by atoms with Gasteiger partial charge in [0.2, 0.25) is 0 Å². The van der Waals surface area contributed by atoms with Crippen LogP contribution in [0.15, 0.2) is 102 Å². The quantitative estimate of drug-likeness (QED) is 0.197. The van der Waals surface area contributed by atoms with Crippen LogP contribution in [0.5, 0.6) is 5.75 Å². The number of halogens is 1. The van der Waals surface area contributed by atoms with E-state index in [-0.39, 0.29) is 29.1 Å². The Bertz CT molecular complexity index is 1480. The Kier molecular flexibility index (Phi) is 9.31. The zero-order valence-electron chi connectivity index (χ0n) is 24.7. The summed E-state index contributed by atoms with van der Waals surface area (Å²) in [7, 11) is -3.30. The molecular weight excluding hydrogens is 593 g/mol. The number of carbonyl (C=O) groups excluding carboxylic acids is 1. The summed E-state index contributed by atoms with van der Waals surface area (Å²) in [6.45, 7) is 13.0. The van der Waals surface area contributed by atoms with Crippen molar-refractivity contribution in [2.24, 2.45) is 0 Å². The Labute approximate surface area is 253 Å². The van der Waals surface area contributed by atoms with Crippen molar-refractivity contribution in [2.75, 3.05) is 5.32 Å². The molecule has 0 bridgehead atoms. The molecule has 4 aromatic rings. The molecule has 0 aliphatic carbocycles. The van der Waals surface area contributed by atoms with E-state index in [1.54, 1.807) is 18.2 Å². The van der Waals surface area contributed by atoms with Gasteiger partial charge in [-0.25, -0.2) is 0 Å². The normalized spacial score (nSPS) is 12.2. The van der Waals surface area contributed by atoms with Crippen LogP contribution in [-0.2, 0) is 27.7 Å². The number of hydrogen-bond donors (Lipinski definition) is 1.